The molecule has 0 aromatic heterocycles. The minimum absolute atomic E-state index is 0.0197. The molecule has 16 heavy (non-hydrogen) atoms. The monoisotopic (exact) mass is 260 g/mol. The summed E-state index contributed by atoms with van der Waals surface area (Å²) in [6, 6.07) is 0. The summed E-state index contributed by atoms with van der Waals surface area (Å²) in [5.74, 6) is -0.213. The van der Waals surface area contributed by atoms with Crippen LogP contribution in [0.1, 0.15) is 19.8 Å². The highest BCUT2D eigenvalue weighted by molar-refractivity contribution is 7.87. The minimum Gasteiger partial charge on any atom is -0.381 e. The molecular formula is C8H11F3O4S. The van der Waals surface area contributed by atoms with Gasteiger partial charge in [0.05, 0.1) is 12.7 Å². The van der Waals surface area contributed by atoms with E-state index >= 15 is 0 Å². The summed E-state index contributed by atoms with van der Waals surface area (Å²) in [6.45, 7) is 1.92. The van der Waals surface area contributed by atoms with Crippen molar-refractivity contribution >= 4 is 10.1 Å². The van der Waals surface area contributed by atoms with E-state index in [4.69, 9.17) is 4.74 Å². The molecule has 0 bridgehead atoms. The van der Waals surface area contributed by atoms with Gasteiger partial charge < -0.3 is 8.92 Å². The molecule has 1 unspecified atom stereocenters. The number of hydrogen-bond donors (Lipinski definition) is 0. The van der Waals surface area contributed by atoms with Crippen LogP contribution in [-0.4, -0.2) is 26.6 Å². The van der Waals surface area contributed by atoms with E-state index in [9.17, 15) is 21.6 Å². The minimum atomic E-state index is -5.55. The van der Waals surface area contributed by atoms with Crippen LogP contribution in [0.3, 0.4) is 0 Å². The van der Waals surface area contributed by atoms with Crippen LogP contribution < -0.4 is 0 Å². The average molecular weight is 260 g/mol. The molecule has 0 aliphatic carbocycles. The molecule has 0 amide bonds. The molecule has 1 aliphatic heterocycles. The fraction of sp³-hybridized carbons (Fsp3) is 0.750. The zero-order valence-electron chi connectivity index (χ0n) is 8.45. The maximum Gasteiger partial charge on any atom is 0.534 e. The van der Waals surface area contributed by atoms with Gasteiger partial charge in [0, 0.05) is 6.42 Å². The van der Waals surface area contributed by atoms with Crippen LogP contribution in [0.4, 0.5) is 13.2 Å². The Labute approximate surface area is 91.2 Å². The van der Waals surface area contributed by atoms with Gasteiger partial charge in [-0.05, 0) is 12.5 Å². The van der Waals surface area contributed by atoms with E-state index in [0.29, 0.717) is 6.42 Å². The van der Waals surface area contributed by atoms with Crippen molar-refractivity contribution in [3.05, 3.63) is 11.8 Å². The van der Waals surface area contributed by atoms with Crippen LogP contribution in [0.15, 0.2) is 11.8 Å². The molecule has 0 radical (unpaired) electrons. The predicted molar refractivity (Wildman–Crippen MR) is 48.8 cm³/mol. The summed E-state index contributed by atoms with van der Waals surface area (Å²) in [5.41, 5.74) is -5.39. The average Bonchev–Trinajstić information content (AvgIpc) is 2.15. The van der Waals surface area contributed by atoms with Crippen LogP contribution >= 0.6 is 0 Å². The standard InChI is InChI=1S/C8H11F3O4S/c1-2-6-5-7(3-4-14-6)15-16(12,13)8(9,10)11/h5-6H,2-4H2,1H3. The molecule has 0 saturated heterocycles. The maximum absolute atomic E-state index is 12.0. The fourth-order valence-electron chi connectivity index (χ4n) is 1.14. The van der Waals surface area contributed by atoms with Crippen molar-refractivity contribution in [1.29, 1.82) is 0 Å². The lowest BCUT2D eigenvalue weighted by Gasteiger charge is -2.21. The number of rotatable bonds is 3. The van der Waals surface area contributed by atoms with E-state index in [1.165, 1.54) is 6.08 Å². The third kappa shape index (κ3) is 3.11. The zero-order valence-corrected chi connectivity index (χ0v) is 9.27. The molecule has 1 rings (SSSR count). The van der Waals surface area contributed by atoms with Gasteiger partial charge in [-0.3, -0.25) is 0 Å². The van der Waals surface area contributed by atoms with E-state index in [0.717, 1.165) is 0 Å². The molecule has 1 heterocycles. The molecule has 0 aromatic carbocycles. The molecule has 4 nitrogen and oxygen atoms in total. The zero-order chi connectivity index (χ0) is 12.4. The van der Waals surface area contributed by atoms with E-state index < -0.39 is 21.7 Å². The second-order valence-electron chi connectivity index (χ2n) is 3.18. The topological polar surface area (TPSA) is 52.6 Å². The molecule has 8 heteroatoms. The summed E-state index contributed by atoms with van der Waals surface area (Å²) >= 11 is 0. The summed E-state index contributed by atoms with van der Waals surface area (Å²) < 4.78 is 66.5. The quantitative estimate of drug-likeness (QED) is 0.574. The first-order chi connectivity index (χ1) is 7.26. The van der Waals surface area contributed by atoms with Crippen molar-refractivity contribution in [2.75, 3.05) is 6.61 Å². The van der Waals surface area contributed by atoms with Crippen molar-refractivity contribution in [3.8, 4) is 0 Å². The van der Waals surface area contributed by atoms with E-state index in [2.05, 4.69) is 4.18 Å². The summed E-state index contributed by atoms with van der Waals surface area (Å²) in [5, 5.41) is 0. The molecule has 0 N–H and O–H groups in total. The lowest BCUT2D eigenvalue weighted by atomic mass is 10.2. The number of halogens is 3. The molecule has 94 valence electrons. The third-order valence-electron chi connectivity index (χ3n) is 1.95. The smallest absolute Gasteiger partial charge is 0.381 e. The van der Waals surface area contributed by atoms with Crippen LogP contribution in [0.25, 0.3) is 0 Å². The van der Waals surface area contributed by atoms with E-state index in [1.54, 1.807) is 6.92 Å². The second-order valence-corrected chi connectivity index (χ2v) is 4.72. The fourth-order valence-corrected chi connectivity index (χ4v) is 1.66. The second kappa shape index (κ2) is 4.62. The lowest BCUT2D eigenvalue weighted by Crippen LogP contribution is -2.27. The third-order valence-corrected chi connectivity index (χ3v) is 2.96. The van der Waals surface area contributed by atoms with Gasteiger partial charge in [-0.25, -0.2) is 0 Å². The van der Waals surface area contributed by atoms with Gasteiger partial charge in [-0.2, -0.15) is 21.6 Å². The number of hydrogen-bond acceptors (Lipinski definition) is 4. The molecule has 0 spiro atoms. The van der Waals surface area contributed by atoms with Gasteiger partial charge in [0.25, 0.3) is 0 Å². The van der Waals surface area contributed by atoms with Crippen LogP contribution in [0.5, 0.6) is 0 Å². The summed E-state index contributed by atoms with van der Waals surface area (Å²) in [4.78, 5) is 0. The predicted octanol–water partition coefficient (Wildman–Crippen LogP) is 1.94. The molecule has 1 aliphatic rings. The van der Waals surface area contributed by atoms with Gasteiger partial charge in [0.1, 0.15) is 5.76 Å². The van der Waals surface area contributed by atoms with Crippen LogP contribution in [-0.2, 0) is 19.0 Å². The molecule has 1 atom stereocenters. The van der Waals surface area contributed by atoms with Gasteiger partial charge in [-0.15, -0.1) is 0 Å². The highest BCUT2D eigenvalue weighted by atomic mass is 32.2. The highest BCUT2D eigenvalue weighted by Crippen LogP contribution is 2.28. The van der Waals surface area contributed by atoms with Gasteiger partial charge in [0.2, 0.25) is 0 Å². The van der Waals surface area contributed by atoms with Gasteiger partial charge >= 0.3 is 15.6 Å². The Hall–Kier alpha value is -0.760. The summed E-state index contributed by atoms with van der Waals surface area (Å²) in [6.07, 6.45) is 1.42. The lowest BCUT2D eigenvalue weighted by molar-refractivity contribution is -0.0530. The van der Waals surface area contributed by atoms with Crippen molar-refractivity contribution in [3.63, 3.8) is 0 Å². The normalized spacial score (nSPS) is 22.8. The van der Waals surface area contributed by atoms with Gasteiger partial charge in [-0.1, -0.05) is 6.92 Å². The van der Waals surface area contributed by atoms with Gasteiger partial charge in [0.15, 0.2) is 0 Å². The Kier molecular flexibility index (Phi) is 3.84. The Morgan fingerprint density at radius 2 is 2.19 bits per heavy atom. The summed E-state index contributed by atoms with van der Waals surface area (Å²) in [7, 11) is -5.55. The van der Waals surface area contributed by atoms with Crippen molar-refractivity contribution < 1.29 is 30.5 Å². The molecule has 0 saturated carbocycles. The molecule has 0 aromatic rings. The Bertz CT molecular complexity index is 371. The van der Waals surface area contributed by atoms with Crippen molar-refractivity contribution in [1.82, 2.24) is 0 Å². The Morgan fingerprint density at radius 1 is 1.56 bits per heavy atom. The first kappa shape index (κ1) is 13.3. The van der Waals surface area contributed by atoms with E-state index in [1.807, 2.05) is 0 Å². The SMILES string of the molecule is CCC1C=C(OS(=O)(=O)C(F)(F)F)CCO1. The highest BCUT2D eigenvalue weighted by Gasteiger charge is 2.48. The first-order valence-electron chi connectivity index (χ1n) is 4.59. The number of ether oxygens (including phenoxy) is 1. The Morgan fingerprint density at radius 3 is 2.69 bits per heavy atom. The van der Waals surface area contributed by atoms with E-state index in [-0.39, 0.29) is 18.8 Å². The van der Waals surface area contributed by atoms with Crippen LogP contribution in [0, 0.1) is 0 Å². The van der Waals surface area contributed by atoms with Crippen LogP contribution in [0.2, 0.25) is 0 Å². The first-order valence-corrected chi connectivity index (χ1v) is 6.00. The molecule has 0 fully saturated rings. The van der Waals surface area contributed by atoms with Crippen molar-refractivity contribution in [2.24, 2.45) is 0 Å². The molecular weight excluding hydrogens is 249 g/mol. The maximum atomic E-state index is 12.0. The van der Waals surface area contributed by atoms with Crippen molar-refractivity contribution in [2.45, 2.75) is 31.4 Å². The number of alkyl halides is 3. The largest absolute Gasteiger partial charge is 0.534 e. The Balaban J connectivity index is 2.79.